The average molecular weight is 273 g/mol. The van der Waals surface area contributed by atoms with Gasteiger partial charge in [0, 0.05) is 0 Å². The summed E-state index contributed by atoms with van der Waals surface area (Å²) < 4.78 is 10.7. The standard InChI is InChI=1S/C13H17ClO4/c1-8(2)18-12-5-4-10(6-11(12)14)9(3)17-7-13(15)16/h4-6,8-9H,7H2,1-3H3,(H,15,16). The Morgan fingerprint density at radius 1 is 1.39 bits per heavy atom. The van der Waals surface area contributed by atoms with E-state index in [4.69, 9.17) is 26.2 Å². The van der Waals surface area contributed by atoms with Crippen molar-refractivity contribution in [3.63, 3.8) is 0 Å². The minimum Gasteiger partial charge on any atom is -0.489 e. The highest BCUT2D eigenvalue weighted by molar-refractivity contribution is 6.32. The fourth-order valence-corrected chi connectivity index (χ4v) is 1.65. The van der Waals surface area contributed by atoms with Gasteiger partial charge >= 0.3 is 5.97 Å². The summed E-state index contributed by atoms with van der Waals surface area (Å²) in [5, 5.41) is 9.03. The van der Waals surface area contributed by atoms with E-state index in [0.29, 0.717) is 10.8 Å². The molecule has 1 unspecified atom stereocenters. The Kier molecular flexibility index (Phi) is 5.44. The lowest BCUT2D eigenvalue weighted by Gasteiger charge is -2.15. The van der Waals surface area contributed by atoms with Gasteiger partial charge in [-0.2, -0.15) is 0 Å². The average Bonchev–Trinajstić information content (AvgIpc) is 2.28. The van der Waals surface area contributed by atoms with Crippen molar-refractivity contribution in [3.8, 4) is 5.75 Å². The van der Waals surface area contributed by atoms with Gasteiger partial charge in [0.1, 0.15) is 12.4 Å². The maximum atomic E-state index is 10.4. The Hall–Kier alpha value is -1.26. The number of carboxylic acid groups (broad SMARTS) is 1. The molecular formula is C13H17ClO4. The summed E-state index contributed by atoms with van der Waals surface area (Å²) in [6.45, 7) is 5.28. The summed E-state index contributed by atoms with van der Waals surface area (Å²) in [6, 6.07) is 5.31. The molecule has 0 spiro atoms. The highest BCUT2D eigenvalue weighted by atomic mass is 35.5. The van der Waals surface area contributed by atoms with Crippen LogP contribution in [0.15, 0.2) is 18.2 Å². The number of aliphatic carboxylic acids is 1. The van der Waals surface area contributed by atoms with Crippen molar-refractivity contribution in [2.45, 2.75) is 33.0 Å². The predicted octanol–water partition coefficient (Wildman–Crippen LogP) is 3.29. The van der Waals surface area contributed by atoms with Crippen molar-refractivity contribution in [1.29, 1.82) is 0 Å². The second kappa shape index (κ2) is 6.61. The first-order valence-electron chi connectivity index (χ1n) is 5.69. The Morgan fingerprint density at radius 2 is 2.06 bits per heavy atom. The van der Waals surface area contributed by atoms with Crippen LogP contribution in [0, 0.1) is 0 Å². The first-order valence-corrected chi connectivity index (χ1v) is 6.07. The highest BCUT2D eigenvalue weighted by Gasteiger charge is 2.11. The summed E-state index contributed by atoms with van der Waals surface area (Å²) in [6.07, 6.45) is -0.277. The number of carbonyl (C=O) groups is 1. The quantitative estimate of drug-likeness (QED) is 0.863. The van der Waals surface area contributed by atoms with Gasteiger partial charge in [-0.15, -0.1) is 0 Å². The number of hydrogen-bond acceptors (Lipinski definition) is 3. The molecule has 0 saturated carbocycles. The molecule has 1 N–H and O–H groups in total. The molecule has 0 bridgehead atoms. The van der Waals surface area contributed by atoms with E-state index in [1.54, 1.807) is 19.1 Å². The fraction of sp³-hybridized carbons (Fsp3) is 0.462. The number of hydrogen-bond donors (Lipinski definition) is 1. The molecule has 0 aliphatic heterocycles. The Balaban J connectivity index is 2.73. The van der Waals surface area contributed by atoms with Crippen molar-refractivity contribution >= 4 is 17.6 Å². The minimum atomic E-state index is -0.993. The van der Waals surface area contributed by atoms with Crippen LogP contribution in [0.3, 0.4) is 0 Å². The second-order valence-corrected chi connectivity index (χ2v) is 4.61. The number of carboxylic acids is 1. The van der Waals surface area contributed by atoms with E-state index in [9.17, 15) is 4.79 Å². The largest absolute Gasteiger partial charge is 0.489 e. The molecule has 0 aliphatic rings. The summed E-state index contributed by atoms with van der Waals surface area (Å²) in [7, 11) is 0. The van der Waals surface area contributed by atoms with E-state index >= 15 is 0 Å². The Labute approximate surface area is 111 Å². The van der Waals surface area contributed by atoms with Gasteiger partial charge in [0.25, 0.3) is 0 Å². The van der Waals surface area contributed by atoms with Crippen LogP contribution in [-0.4, -0.2) is 23.8 Å². The van der Waals surface area contributed by atoms with Gasteiger partial charge < -0.3 is 14.6 Å². The molecule has 0 radical (unpaired) electrons. The van der Waals surface area contributed by atoms with Gasteiger partial charge in [0.05, 0.1) is 17.2 Å². The highest BCUT2D eigenvalue weighted by Crippen LogP contribution is 2.29. The van der Waals surface area contributed by atoms with Crippen LogP contribution in [0.5, 0.6) is 5.75 Å². The van der Waals surface area contributed by atoms with Crippen LogP contribution < -0.4 is 4.74 Å². The zero-order chi connectivity index (χ0) is 13.7. The Morgan fingerprint density at radius 3 is 2.56 bits per heavy atom. The smallest absolute Gasteiger partial charge is 0.329 e. The number of rotatable bonds is 6. The lowest BCUT2D eigenvalue weighted by molar-refractivity contribution is -0.144. The third-order valence-corrected chi connectivity index (χ3v) is 2.54. The predicted molar refractivity (Wildman–Crippen MR) is 69.2 cm³/mol. The van der Waals surface area contributed by atoms with Gasteiger partial charge in [-0.05, 0) is 38.5 Å². The van der Waals surface area contributed by atoms with Crippen LogP contribution in [0.4, 0.5) is 0 Å². The van der Waals surface area contributed by atoms with Gasteiger partial charge in [0.2, 0.25) is 0 Å². The van der Waals surface area contributed by atoms with E-state index in [1.165, 1.54) is 0 Å². The zero-order valence-electron chi connectivity index (χ0n) is 10.6. The molecule has 1 aromatic rings. The second-order valence-electron chi connectivity index (χ2n) is 4.20. The number of benzene rings is 1. The van der Waals surface area contributed by atoms with E-state index in [-0.39, 0.29) is 18.8 Å². The monoisotopic (exact) mass is 272 g/mol. The molecule has 1 aromatic carbocycles. The summed E-state index contributed by atoms with van der Waals surface area (Å²) in [4.78, 5) is 10.4. The van der Waals surface area contributed by atoms with Crippen molar-refractivity contribution in [3.05, 3.63) is 28.8 Å². The molecule has 5 heteroatoms. The molecule has 0 aromatic heterocycles. The molecule has 1 atom stereocenters. The zero-order valence-corrected chi connectivity index (χ0v) is 11.4. The van der Waals surface area contributed by atoms with E-state index < -0.39 is 5.97 Å². The molecule has 0 heterocycles. The molecular weight excluding hydrogens is 256 g/mol. The number of ether oxygens (including phenoxy) is 2. The molecule has 18 heavy (non-hydrogen) atoms. The summed E-state index contributed by atoms with van der Waals surface area (Å²) in [5.41, 5.74) is 0.817. The lowest BCUT2D eigenvalue weighted by Crippen LogP contribution is -2.10. The van der Waals surface area contributed by atoms with E-state index in [1.807, 2.05) is 19.9 Å². The molecule has 0 aliphatic carbocycles. The topological polar surface area (TPSA) is 55.8 Å². The van der Waals surface area contributed by atoms with Crippen molar-refractivity contribution in [1.82, 2.24) is 0 Å². The third-order valence-electron chi connectivity index (χ3n) is 2.24. The van der Waals surface area contributed by atoms with Crippen molar-refractivity contribution < 1.29 is 19.4 Å². The Bertz CT molecular complexity index is 417. The maximum absolute atomic E-state index is 10.4. The molecule has 0 saturated heterocycles. The van der Waals surface area contributed by atoms with Crippen molar-refractivity contribution in [2.75, 3.05) is 6.61 Å². The normalized spacial score (nSPS) is 12.5. The van der Waals surface area contributed by atoms with Crippen LogP contribution in [0.1, 0.15) is 32.4 Å². The van der Waals surface area contributed by atoms with Gasteiger partial charge in [-0.25, -0.2) is 4.79 Å². The van der Waals surface area contributed by atoms with E-state index in [2.05, 4.69) is 0 Å². The van der Waals surface area contributed by atoms with Crippen LogP contribution in [0.25, 0.3) is 0 Å². The fourth-order valence-electron chi connectivity index (χ4n) is 1.41. The van der Waals surface area contributed by atoms with Gasteiger partial charge in [0.15, 0.2) is 0 Å². The molecule has 0 amide bonds. The summed E-state index contributed by atoms with van der Waals surface area (Å²) >= 11 is 6.08. The number of halogens is 1. The molecule has 4 nitrogen and oxygen atoms in total. The van der Waals surface area contributed by atoms with Gasteiger partial charge in [-0.3, -0.25) is 0 Å². The van der Waals surface area contributed by atoms with Crippen LogP contribution >= 0.6 is 11.6 Å². The molecule has 100 valence electrons. The van der Waals surface area contributed by atoms with Crippen LogP contribution in [-0.2, 0) is 9.53 Å². The van der Waals surface area contributed by atoms with Gasteiger partial charge in [-0.1, -0.05) is 17.7 Å². The first kappa shape index (κ1) is 14.8. The van der Waals surface area contributed by atoms with E-state index in [0.717, 1.165) is 5.56 Å². The first-order chi connectivity index (χ1) is 8.40. The third kappa shape index (κ3) is 4.55. The molecule has 0 fully saturated rings. The lowest BCUT2D eigenvalue weighted by atomic mass is 10.1. The minimum absolute atomic E-state index is 0.0500. The van der Waals surface area contributed by atoms with Crippen molar-refractivity contribution in [2.24, 2.45) is 0 Å². The van der Waals surface area contributed by atoms with Crippen LogP contribution in [0.2, 0.25) is 5.02 Å². The SMILES string of the molecule is CC(C)Oc1ccc(C(C)OCC(=O)O)cc1Cl. The molecule has 1 rings (SSSR count). The maximum Gasteiger partial charge on any atom is 0.329 e. The summed E-state index contributed by atoms with van der Waals surface area (Å²) in [5.74, 6) is -0.381.